The van der Waals surface area contributed by atoms with E-state index >= 15 is 0 Å². The Balaban J connectivity index is 1.76. The van der Waals surface area contributed by atoms with Crippen molar-refractivity contribution in [1.82, 2.24) is 0 Å². The van der Waals surface area contributed by atoms with E-state index in [4.69, 9.17) is 21.1 Å². The number of carbonyl (C=O) groups excluding carboxylic acids is 1. The van der Waals surface area contributed by atoms with Gasteiger partial charge in [0.2, 0.25) is 0 Å². The number of ether oxygens (including phenoxy) is 2. The summed E-state index contributed by atoms with van der Waals surface area (Å²) in [4.78, 5) is 30.2. The fourth-order valence-electron chi connectivity index (χ4n) is 4.59. The van der Waals surface area contributed by atoms with Crippen LogP contribution in [-0.2, 0) is 6.42 Å². The smallest absolute Gasteiger partial charge is 0.335 e. The first kappa shape index (κ1) is 28.1. The van der Waals surface area contributed by atoms with Crippen LogP contribution in [-0.4, -0.2) is 41.3 Å². The Bertz CT molecular complexity index is 1440. The maximum Gasteiger partial charge on any atom is 0.335 e. The number of aromatic carboxylic acids is 1. The molecule has 1 atom stereocenters. The lowest BCUT2D eigenvalue weighted by atomic mass is 9.83. The van der Waals surface area contributed by atoms with Crippen LogP contribution < -0.4 is 9.47 Å². The molecule has 1 unspecified atom stereocenters. The summed E-state index contributed by atoms with van der Waals surface area (Å²) in [6, 6.07) is 15.9. The summed E-state index contributed by atoms with van der Waals surface area (Å²) in [5.41, 5.74) is 2.71. The van der Waals surface area contributed by atoms with E-state index in [1.165, 1.54) is 0 Å². The van der Waals surface area contributed by atoms with Gasteiger partial charge in [-0.1, -0.05) is 30.7 Å². The number of hydrogen-bond acceptors (Lipinski definition) is 5. The lowest BCUT2D eigenvalue weighted by molar-refractivity contribution is 0.0696. The van der Waals surface area contributed by atoms with Crippen molar-refractivity contribution in [2.45, 2.75) is 52.2 Å². The highest BCUT2D eigenvalue weighted by Crippen LogP contribution is 2.37. The molecule has 1 N–H and O–H groups in total. The van der Waals surface area contributed by atoms with Crippen LogP contribution in [0.5, 0.6) is 11.5 Å². The maximum atomic E-state index is 14.0. The Kier molecular flexibility index (Phi) is 8.56. The quantitative estimate of drug-likeness (QED) is 0.254. The number of rotatable bonds is 11. The molecule has 0 aliphatic carbocycles. The molecule has 0 spiro atoms. The number of halogens is 1. The standard InChI is InChI=1S/C32H32ClNO5/c1-5-15-38-29-12-9-22(27-17-23(31(36)37)8-7-21(27)4)16-24(29)19-32(13-6-14-34-32)30(35)26-11-10-25(18-28(26)33)39-20(2)3/h6-14,16-18,20H,5,15,19H2,1-4H3,(H,36,37). The van der Waals surface area contributed by atoms with E-state index in [9.17, 15) is 14.7 Å². The van der Waals surface area contributed by atoms with Gasteiger partial charge in [-0.25, -0.2) is 4.79 Å². The fourth-order valence-corrected chi connectivity index (χ4v) is 4.85. The minimum Gasteiger partial charge on any atom is -0.493 e. The molecule has 6 nitrogen and oxygen atoms in total. The van der Waals surface area contributed by atoms with Crippen LogP contribution >= 0.6 is 11.6 Å². The van der Waals surface area contributed by atoms with Crippen LogP contribution in [0.2, 0.25) is 5.02 Å². The average molecular weight is 546 g/mol. The summed E-state index contributed by atoms with van der Waals surface area (Å²) < 4.78 is 11.8. The Morgan fingerprint density at radius 1 is 1.08 bits per heavy atom. The van der Waals surface area contributed by atoms with Gasteiger partial charge in [0.1, 0.15) is 17.0 Å². The summed E-state index contributed by atoms with van der Waals surface area (Å²) in [6.07, 6.45) is 6.22. The monoisotopic (exact) mass is 545 g/mol. The highest BCUT2D eigenvalue weighted by Gasteiger charge is 2.39. The van der Waals surface area contributed by atoms with E-state index in [1.54, 1.807) is 54.8 Å². The molecular weight excluding hydrogens is 514 g/mol. The molecule has 1 aliphatic rings. The van der Waals surface area contributed by atoms with E-state index in [1.807, 2.05) is 45.9 Å². The maximum absolute atomic E-state index is 14.0. The number of nitrogens with zero attached hydrogens (tertiary/aromatic N) is 1. The van der Waals surface area contributed by atoms with E-state index < -0.39 is 11.5 Å². The van der Waals surface area contributed by atoms with Crippen molar-refractivity contribution in [1.29, 1.82) is 0 Å². The Hall–Kier alpha value is -3.90. The summed E-state index contributed by atoms with van der Waals surface area (Å²) in [6.45, 7) is 8.32. The topological polar surface area (TPSA) is 85.2 Å². The molecule has 202 valence electrons. The number of carboxylic acid groups (broad SMARTS) is 1. The minimum absolute atomic E-state index is 0.0232. The highest BCUT2D eigenvalue weighted by atomic mass is 35.5. The van der Waals surface area contributed by atoms with Gasteiger partial charge in [0, 0.05) is 18.2 Å². The first-order valence-corrected chi connectivity index (χ1v) is 13.4. The Morgan fingerprint density at radius 2 is 1.87 bits per heavy atom. The Morgan fingerprint density at radius 3 is 2.51 bits per heavy atom. The molecule has 0 aromatic heterocycles. The second-order valence-electron chi connectivity index (χ2n) is 9.88. The van der Waals surface area contributed by atoms with Gasteiger partial charge in [-0.05, 0) is 104 Å². The molecule has 3 aromatic carbocycles. The molecular formula is C32H32ClNO5. The number of aliphatic imine (C=N–C) groups is 1. The molecule has 4 rings (SSSR count). The predicted molar refractivity (Wildman–Crippen MR) is 155 cm³/mol. The molecule has 7 heteroatoms. The lowest BCUT2D eigenvalue weighted by Gasteiger charge is -2.25. The Labute approximate surface area is 234 Å². The zero-order chi connectivity index (χ0) is 28.2. The van der Waals surface area contributed by atoms with Crippen molar-refractivity contribution in [3.05, 3.63) is 94.0 Å². The van der Waals surface area contributed by atoms with Crippen molar-refractivity contribution in [2.75, 3.05) is 6.61 Å². The zero-order valence-corrected chi connectivity index (χ0v) is 23.3. The van der Waals surface area contributed by atoms with Gasteiger partial charge in [0.15, 0.2) is 5.78 Å². The second-order valence-corrected chi connectivity index (χ2v) is 10.3. The van der Waals surface area contributed by atoms with Crippen LogP contribution in [0.25, 0.3) is 11.1 Å². The van der Waals surface area contributed by atoms with E-state index in [-0.39, 0.29) is 23.9 Å². The molecule has 1 aliphatic heterocycles. The largest absolute Gasteiger partial charge is 0.493 e. The lowest BCUT2D eigenvalue weighted by Crippen LogP contribution is -2.36. The summed E-state index contributed by atoms with van der Waals surface area (Å²) in [5.74, 6) is 0.0237. The molecule has 0 saturated heterocycles. The number of Topliss-reactive ketones (excluding diaryl/α,β-unsaturated/α-hetero) is 1. The van der Waals surface area contributed by atoms with Gasteiger partial charge in [-0.3, -0.25) is 9.79 Å². The number of carboxylic acids is 1. The number of benzene rings is 3. The van der Waals surface area contributed by atoms with Crippen LogP contribution in [0, 0.1) is 6.92 Å². The minimum atomic E-state index is -1.20. The first-order valence-electron chi connectivity index (χ1n) is 13.0. The number of ketones is 1. The van der Waals surface area contributed by atoms with Gasteiger partial charge < -0.3 is 14.6 Å². The third kappa shape index (κ3) is 6.23. The third-order valence-electron chi connectivity index (χ3n) is 6.49. The molecule has 1 heterocycles. The summed E-state index contributed by atoms with van der Waals surface area (Å²) in [7, 11) is 0. The molecule has 0 bridgehead atoms. The normalized spacial score (nSPS) is 16.1. The number of aryl methyl sites for hydroxylation is 1. The van der Waals surface area contributed by atoms with Crippen molar-refractivity contribution >= 4 is 29.6 Å². The third-order valence-corrected chi connectivity index (χ3v) is 6.80. The fraction of sp³-hybridized carbons (Fsp3) is 0.281. The van der Waals surface area contributed by atoms with Gasteiger partial charge in [-0.2, -0.15) is 0 Å². The average Bonchev–Trinajstić information content (AvgIpc) is 3.37. The van der Waals surface area contributed by atoms with Crippen LogP contribution in [0.1, 0.15) is 59.0 Å². The van der Waals surface area contributed by atoms with Gasteiger partial charge >= 0.3 is 5.97 Å². The van der Waals surface area contributed by atoms with Crippen LogP contribution in [0.15, 0.2) is 71.7 Å². The molecule has 0 fully saturated rings. The predicted octanol–water partition coefficient (Wildman–Crippen LogP) is 7.39. The zero-order valence-electron chi connectivity index (χ0n) is 22.5. The van der Waals surface area contributed by atoms with Gasteiger partial charge in [0.25, 0.3) is 0 Å². The molecule has 0 saturated carbocycles. The molecule has 0 amide bonds. The first-order chi connectivity index (χ1) is 18.6. The van der Waals surface area contributed by atoms with Crippen LogP contribution in [0.4, 0.5) is 0 Å². The number of carbonyl (C=O) groups is 2. The molecule has 0 radical (unpaired) electrons. The van der Waals surface area contributed by atoms with E-state index in [0.717, 1.165) is 28.7 Å². The van der Waals surface area contributed by atoms with E-state index in [0.29, 0.717) is 28.7 Å². The molecule has 39 heavy (non-hydrogen) atoms. The van der Waals surface area contributed by atoms with E-state index in [2.05, 4.69) is 4.99 Å². The number of hydrogen-bond donors (Lipinski definition) is 1. The SMILES string of the molecule is CCCOc1ccc(-c2cc(C(=O)O)ccc2C)cc1CC1(C(=O)c2ccc(OC(C)C)cc2Cl)C=CC=N1. The van der Waals surface area contributed by atoms with Crippen molar-refractivity contribution in [3.63, 3.8) is 0 Å². The van der Waals surface area contributed by atoms with Crippen molar-refractivity contribution in [3.8, 4) is 22.6 Å². The van der Waals surface area contributed by atoms with Crippen LogP contribution in [0.3, 0.4) is 0 Å². The summed E-state index contributed by atoms with van der Waals surface area (Å²) in [5, 5.41) is 9.82. The highest BCUT2D eigenvalue weighted by molar-refractivity contribution is 6.34. The number of allylic oxidation sites excluding steroid dienone is 1. The molecule has 3 aromatic rings. The summed E-state index contributed by atoms with van der Waals surface area (Å²) >= 11 is 6.56. The second kappa shape index (κ2) is 11.9. The van der Waals surface area contributed by atoms with Gasteiger partial charge in [0.05, 0.1) is 23.3 Å². The van der Waals surface area contributed by atoms with Crippen molar-refractivity contribution < 1.29 is 24.2 Å². The van der Waals surface area contributed by atoms with Gasteiger partial charge in [-0.15, -0.1) is 0 Å². The van der Waals surface area contributed by atoms with Crippen molar-refractivity contribution in [2.24, 2.45) is 4.99 Å².